The molecule has 2 N–H and O–H groups in total. The van der Waals surface area contributed by atoms with Crippen LogP contribution in [0.5, 0.6) is 5.75 Å². The van der Waals surface area contributed by atoms with Gasteiger partial charge in [0.2, 0.25) is 0 Å². The summed E-state index contributed by atoms with van der Waals surface area (Å²) in [4.78, 5) is 25.2. The van der Waals surface area contributed by atoms with E-state index in [0.29, 0.717) is 29.1 Å². The number of halogens is 2. The third-order valence-corrected chi connectivity index (χ3v) is 4.82. The van der Waals surface area contributed by atoms with Crippen LogP contribution in [0.2, 0.25) is 5.02 Å². The molecule has 3 rings (SSSR count). The number of hydrogen-bond donors (Lipinski definition) is 2. The molecule has 160 valence electrons. The zero-order chi connectivity index (χ0) is 22.4. The second kappa shape index (κ2) is 10.1. The Balaban J connectivity index is 1.66. The van der Waals surface area contributed by atoms with E-state index in [0.717, 1.165) is 5.56 Å². The molecule has 1 atom stereocenters. The highest BCUT2D eigenvalue weighted by Crippen LogP contribution is 2.21. The average molecular weight is 441 g/mol. The maximum atomic E-state index is 13.3. The second-order valence-electron chi connectivity index (χ2n) is 6.98. The molecule has 1 unspecified atom stereocenters. The molecular weight excluding hydrogens is 419 g/mol. The minimum Gasteiger partial charge on any atom is -0.481 e. The summed E-state index contributed by atoms with van der Waals surface area (Å²) in [6.07, 6.45) is -0.202. The van der Waals surface area contributed by atoms with Crippen LogP contribution in [0.25, 0.3) is 0 Å². The van der Waals surface area contributed by atoms with Gasteiger partial charge >= 0.3 is 0 Å². The lowest BCUT2D eigenvalue weighted by Gasteiger charge is -2.17. The second-order valence-corrected chi connectivity index (χ2v) is 7.39. The number of hydrogen-bond acceptors (Lipinski definition) is 3. The van der Waals surface area contributed by atoms with Gasteiger partial charge in [0, 0.05) is 16.9 Å². The minimum absolute atomic E-state index is 0.0852. The van der Waals surface area contributed by atoms with Crippen LogP contribution in [-0.4, -0.2) is 17.9 Å². The predicted molar refractivity (Wildman–Crippen MR) is 120 cm³/mol. The Kier molecular flexibility index (Phi) is 7.26. The van der Waals surface area contributed by atoms with E-state index in [2.05, 4.69) is 10.6 Å². The molecule has 0 radical (unpaired) electrons. The zero-order valence-corrected chi connectivity index (χ0v) is 17.9. The molecule has 3 aromatic rings. The minimum atomic E-state index is -0.679. The van der Waals surface area contributed by atoms with Gasteiger partial charge in [-0.05, 0) is 61.9 Å². The van der Waals surface area contributed by atoms with Gasteiger partial charge < -0.3 is 15.4 Å². The lowest BCUT2D eigenvalue weighted by Crippen LogP contribution is -2.32. The predicted octanol–water partition coefficient (Wildman–Crippen LogP) is 5.84. The fourth-order valence-corrected chi connectivity index (χ4v) is 3.02. The van der Waals surface area contributed by atoms with Crippen LogP contribution < -0.4 is 15.4 Å². The van der Waals surface area contributed by atoms with Crippen LogP contribution in [0.4, 0.5) is 15.8 Å². The van der Waals surface area contributed by atoms with Crippen molar-refractivity contribution in [2.75, 3.05) is 10.6 Å². The van der Waals surface area contributed by atoms with Crippen molar-refractivity contribution in [1.82, 2.24) is 0 Å². The van der Waals surface area contributed by atoms with Gasteiger partial charge in [-0.2, -0.15) is 0 Å². The lowest BCUT2D eigenvalue weighted by atomic mass is 10.1. The van der Waals surface area contributed by atoms with E-state index in [1.165, 1.54) is 18.2 Å². The number of carbonyl (C=O) groups is 2. The molecule has 2 amide bonds. The monoisotopic (exact) mass is 440 g/mol. The molecule has 0 aliphatic carbocycles. The molecule has 0 aliphatic rings. The van der Waals surface area contributed by atoms with Gasteiger partial charge in [0.05, 0.1) is 5.02 Å². The van der Waals surface area contributed by atoms with Gasteiger partial charge in [-0.15, -0.1) is 0 Å². The Hall–Kier alpha value is -3.38. The maximum absolute atomic E-state index is 13.3. The Morgan fingerprint density at radius 2 is 1.71 bits per heavy atom. The smallest absolute Gasteiger partial charge is 0.265 e. The molecule has 31 heavy (non-hydrogen) atoms. The first kappa shape index (κ1) is 22.3. The third-order valence-electron chi connectivity index (χ3n) is 4.53. The van der Waals surface area contributed by atoms with Crippen LogP contribution in [0, 0.1) is 12.7 Å². The molecular formula is C24H22ClFN2O3. The number of amides is 2. The summed E-state index contributed by atoms with van der Waals surface area (Å²) < 4.78 is 19.1. The van der Waals surface area contributed by atoms with E-state index in [-0.39, 0.29) is 10.9 Å². The summed E-state index contributed by atoms with van der Waals surface area (Å²) in [5.41, 5.74) is 2.25. The quantitative estimate of drug-likeness (QED) is 0.485. The molecule has 0 saturated heterocycles. The highest BCUT2D eigenvalue weighted by Gasteiger charge is 2.19. The van der Waals surface area contributed by atoms with Gasteiger partial charge in [0.15, 0.2) is 6.10 Å². The molecule has 0 heterocycles. The molecule has 0 fully saturated rings. The Bertz CT molecular complexity index is 1090. The summed E-state index contributed by atoms with van der Waals surface area (Å²) in [6.45, 7) is 3.83. The highest BCUT2D eigenvalue weighted by atomic mass is 35.5. The van der Waals surface area contributed by atoms with Gasteiger partial charge in [-0.3, -0.25) is 9.59 Å². The molecule has 0 spiro atoms. The zero-order valence-electron chi connectivity index (χ0n) is 17.1. The van der Waals surface area contributed by atoms with Crippen molar-refractivity contribution < 1.29 is 18.7 Å². The number of aryl methyl sites for hydroxylation is 1. The number of rotatable bonds is 7. The molecule has 5 nitrogen and oxygen atoms in total. The van der Waals surface area contributed by atoms with Gasteiger partial charge in [0.1, 0.15) is 11.6 Å². The number of anilines is 2. The van der Waals surface area contributed by atoms with Crippen molar-refractivity contribution in [1.29, 1.82) is 0 Å². The van der Waals surface area contributed by atoms with E-state index in [9.17, 15) is 14.0 Å². The maximum Gasteiger partial charge on any atom is 0.265 e. The van der Waals surface area contributed by atoms with Crippen LogP contribution >= 0.6 is 11.6 Å². The summed E-state index contributed by atoms with van der Waals surface area (Å²) in [5.74, 6) is -0.686. The van der Waals surface area contributed by atoms with Crippen molar-refractivity contribution in [3.05, 3.63) is 88.7 Å². The van der Waals surface area contributed by atoms with E-state index in [4.69, 9.17) is 16.3 Å². The van der Waals surface area contributed by atoms with E-state index in [1.54, 1.807) is 24.3 Å². The largest absolute Gasteiger partial charge is 0.481 e. The topological polar surface area (TPSA) is 67.4 Å². The summed E-state index contributed by atoms with van der Waals surface area (Å²) in [5, 5.41) is 5.35. The number of nitrogens with one attached hydrogen (secondary N) is 2. The van der Waals surface area contributed by atoms with Crippen molar-refractivity contribution in [2.45, 2.75) is 26.4 Å². The SMILES string of the molecule is CCC(Oc1ccc(C)cc1)C(=O)Nc1cccc(C(=O)Nc2ccc(F)c(Cl)c2)c1. The van der Waals surface area contributed by atoms with Gasteiger partial charge in [-0.25, -0.2) is 4.39 Å². The fourth-order valence-electron chi connectivity index (χ4n) is 2.84. The first-order valence-corrected chi connectivity index (χ1v) is 10.1. The van der Waals surface area contributed by atoms with E-state index in [1.807, 2.05) is 38.1 Å². The summed E-state index contributed by atoms with van der Waals surface area (Å²) >= 11 is 5.75. The third kappa shape index (κ3) is 6.06. The first-order chi connectivity index (χ1) is 14.9. The van der Waals surface area contributed by atoms with Gasteiger partial charge in [-0.1, -0.05) is 42.3 Å². The molecule has 0 aromatic heterocycles. The molecule has 0 bridgehead atoms. The van der Waals surface area contributed by atoms with Crippen molar-refractivity contribution in [2.24, 2.45) is 0 Å². The highest BCUT2D eigenvalue weighted by molar-refractivity contribution is 6.31. The van der Waals surface area contributed by atoms with Gasteiger partial charge in [0.25, 0.3) is 11.8 Å². The number of ether oxygens (including phenoxy) is 1. The fraction of sp³-hybridized carbons (Fsp3) is 0.167. The van der Waals surface area contributed by atoms with Crippen LogP contribution in [0.1, 0.15) is 29.3 Å². The molecule has 0 saturated carbocycles. The Labute approximate surface area is 185 Å². The normalized spacial score (nSPS) is 11.5. The molecule has 0 aliphatic heterocycles. The van der Waals surface area contributed by atoms with Crippen LogP contribution in [0.15, 0.2) is 66.7 Å². The lowest BCUT2D eigenvalue weighted by molar-refractivity contribution is -0.122. The standard InChI is InChI=1S/C24H22ClFN2O3/c1-3-22(31-19-10-7-15(2)8-11-19)24(30)28-17-6-4-5-16(13-17)23(29)27-18-9-12-21(26)20(25)14-18/h4-14,22H,3H2,1-2H3,(H,27,29)(H,28,30). The number of carbonyl (C=O) groups excluding carboxylic acids is 2. The van der Waals surface area contributed by atoms with E-state index < -0.39 is 17.8 Å². The van der Waals surface area contributed by atoms with Crippen molar-refractivity contribution in [3.63, 3.8) is 0 Å². The molecule has 3 aromatic carbocycles. The van der Waals surface area contributed by atoms with Crippen LogP contribution in [-0.2, 0) is 4.79 Å². The Morgan fingerprint density at radius 3 is 2.39 bits per heavy atom. The van der Waals surface area contributed by atoms with Crippen molar-refractivity contribution >= 4 is 34.8 Å². The first-order valence-electron chi connectivity index (χ1n) is 9.76. The van der Waals surface area contributed by atoms with Crippen molar-refractivity contribution in [3.8, 4) is 5.75 Å². The summed E-state index contributed by atoms with van der Waals surface area (Å²) in [7, 11) is 0. The van der Waals surface area contributed by atoms with E-state index >= 15 is 0 Å². The van der Waals surface area contributed by atoms with Crippen LogP contribution in [0.3, 0.4) is 0 Å². The molecule has 7 heteroatoms. The number of benzene rings is 3. The Morgan fingerprint density at radius 1 is 1.00 bits per heavy atom. The average Bonchev–Trinajstić information content (AvgIpc) is 2.76. The summed E-state index contributed by atoms with van der Waals surface area (Å²) in [6, 6.07) is 17.9.